The van der Waals surface area contributed by atoms with Gasteiger partial charge in [0.1, 0.15) is 5.82 Å². The third kappa shape index (κ3) is 4.29. The summed E-state index contributed by atoms with van der Waals surface area (Å²) in [7, 11) is 0. The molecule has 0 spiro atoms. The third-order valence-corrected chi connectivity index (χ3v) is 4.84. The van der Waals surface area contributed by atoms with Crippen molar-refractivity contribution in [3.63, 3.8) is 0 Å². The topological polar surface area (TPSA) is 71.0 Å². The number of nitrogens with zero attached hydrogens (tertiary/aromatic N) is 2. The number of anilines is 3. The van der Waals surface area contributed by atoms with E-state index in [1.165, 1.54) is 12.1 Å². The summed E-state index contributed by atoms with van der Waals surface area (Å²) < 4.78 is 15.6. The molecule has 6 nitrogen and oxygen atoms in total. The highest BCUT2D eigenvalue weighted by atomic mass is 19.1. The van der Waals surface area contributed by atoms with Crippen LogP contribution in [0.5, 0.6) is 0 Å². The van der Waals surface area contributed by atoms with Gasteiger partial charge in [0.15, 0.2) is 0 Å². The van der Waals surface area contributed by atoms with Crippen LogP contribution in [0, 0.1) is 12.7 Å². The van der Waals surface area contributed by atoms with E-state index in [0.717, 1.165) is 36.4 Å². The fraction of sp³-hybridized carbons (Fsp3) is 0.182. The van der Waals surface area contributed by atoms with Crippen molar-refractivity contribution in [3.8, 4) is 0 Å². The van der Waals surface area contributed by atoms with E-state index in [-0.39, 0.29) is 11.7 Å². The van der Waals surface area contributed by atoms with E-state index in [4.69, 9.17) is 0 Å². The Bertz CT molecular complexity index is 1060. The first-order valence-corrected chi connectivity index (χ1v) is 9.48. The SMILES string of the molecule is Cc1cc(N/C=C2\C(=O)Nc3ccc(F)cc32)ccc1NCCCn1ccnc1. The van der Waals surface area contributed by atoms with Crippen LogP contribution >= 0.6 is 0 Å². The van der Waals surface area contributed by atoms with Gasteiger partial charge in [-0.1, -0.05) is 0 Å². The Kier molecular flexibility index (Phi) is 5.29. The maximum absolute atomic E-state index is 13.5. The van der Waals surface area contributed by atoms with Crippen molar-refractivity contribution in [2.45, 2.75) is 19.9 Å². The molecular formula is C22H22FN5O. The molecule has 148 valence electrons. The number of hydrogen-bond acceptors (Lipinski definition) is 4. The zero-order chi connectivity index (χ0) is 20.2. The second-order valence-electron chi connectivity index (χ2n) is 6.96. The Hall–Kier alpha value is -3.61. The highest BCUT2D eigenvalue weighted by molar-refractivity contribution is 6.31. The number of aryl methyl sites for hydroxylation is 2. The molecule has 0 bridgehead atoms. The minimum Gasteiger partial charge on any atom is -0.385 e. The molecule has 0 radical (unpaired) electrons. The summed E-state index contributed by atoms with van der Waals surface area (Å²) in [6.45, 7) is 3.81. The molecule has 1 aliphatic rings. The van der Waals surface area contributed by atoms with Crippen LogP contribution in [0.2, 0.25) is 0 Å². The van der Waals surface area contributed by atoms with E-state index in [2.05, 4.69) is 25.5 Å². The van der Waals surface area contributed by atoms with Gasteiger partial charge in [-0.2, -0.15) is 0 Å². The fourth-order valence-corrected chi connectivity index (χ4v) is 3.31. The first-order valence-electron chi connectivity index (χ1n) is 9.48. The zero-order valence-electron chi connectivity index (χ0n) is 16.1. The lowest BCUT2D eigenvalue weighted by Crippen LogP contribution is -2.07. The van der Waals surface area contributed by atoms with Crippen LogP contribution in [-0.2, 0) is 11.3 Å². The molecule has 1 amide bonds. The van der Waals surface area contributed by atoms with Crippen LogP contribution in [0.15, 0.2) is 61.3 Å². The second kappa shape index (κ2) is 8.18. The van der Waals surface area contributed by atoms with Crippen LogP contribution in [0.25, 0.3) is 5.57 Å². The molecule has 2 aromatic carbocycles. The quantitative estimate of drug-likeness (QED) is 0.416. The Balaban J connectivity index is 1.38. The van der Waals surface area contributed by atoms with Crippen molar-refractivity contribution in [2.75, 3.05) is 22.5 Å². The number of carbonyl (C=O) groups is 1. The Labute approximate surface area is 168 Å². The van der Waals surface area contributed by atoms with Gasteiger partial charge in [-0.05, 0) is 55.3 Å². The number of fused-ring (bicyclic) bond motifs is 1. The largest absolute Gasteiger partial charge is 0.385 e. The lowest BCUT2D eigenvalue weighted by Gasteiger charge is -2.12. The minimum atomic E-state index is -0.370. The second-order valence-corrected chi connectivity index (χ2v) is 6.96. The lowest BCUT2D eigenvalue weighted by molar-refractivity contribution is -0.110. The molecule has 0 fully saturated rings. The van der Waals surface area contributed by atoms with Crippen LogP contribution in [0.1, 0.15) is 17.5 Å². The number of hydrogen-bond donors (Lipinski definition) is 3. The van der Waals surface area contributed by atoms with Gasteiger partial charge >= 0.3 is 0 Å². The van der Waals surface area contributed by atoms with E-state index in [9.17, 15) is 9.18 Å². The lowest BCUT2D eigenvalue weighted by atomic mass is 10.1. The van der Waals surface area contributed by atoms with Crippen molar-refractivity contribution in [2.24, 2.45) is 0 Å². The van der Waals surface area contributed by atoms with Crippen molar-refractivity contribution in [1.82, 2.24) is 9.55 Å². The highest BCUT2D eigenvalue weighted by Gasteiger charge is 2.24. The summed E-state index contributed by atoms with van der Waals surface area (Å²) in [4.78, 5) is 16.2. The summed E-state index contributed by atoms with van der Waals surface area (Å²) in [6, 6.07) is 10.2. The van der Waals surface area contributed by atoms with Gasteiger partial charge in [0, 0.05) is 54.3 Å². The number of aromatic nitrogens is 2. The molecule has 0 saturated carbocycles. The molecule has 0 saturated heterocycles. The van der Waals surface area contributed by atoms with E-state index in [1.807, 2.05) is 37.6 Å². The molecule has 3 aromatic rings. The number of carbonyl (C=O) groups excluding carboxylic acids is 1. The molecule has 7 heteroatoms. The Morgan fingerprint density at radius 3 is 2.93 bits per heavy atom. The van der Waals surface area contributed by atoms with Crippen LogP contribution in [0.4, 0.5) is 21.5 Å². The first-order chi connectivity index (χ1) is 14.1. The molecule has 29 heavy (non-hydrogen) atoms. The number of benzene rings is 2. The minimum absolute atomic E-state index is 0.244. The average Bonchev–Trinajstić information content (AvgIpc) is 3.32. The van der Waals surface area contributed by atoms with Gasteiger partial charge < -0.3 is 20.5 Å². The van der Waals surface area contributed by atoms with E-state index >= 15 is 0 Å². The van der Waals surface area contributed by atoms with E-state index in [0.29, 0.717) is 16.8 Å². The molecule has 4 rings (SSSR count). The predicted molar refractivity (Wildman–Crippen MR) is 113 cm³/mol. The maximum atomic E-state index is 13.5. The van der Waals surface area contributed by atoms with Crippen molar-refractivity contribution >= 4 is 28.5 Å². The average molecular weight is 391 g/mol. The van der Waals surface area contributed by atoms with Gasteiger partial charge in [-0.25, -0.2) is 9.37 Å². The molecule has 0 unspecified atom stereocenters. The summed E-state index contributed by atoms with van der Waals surface area (Å²) in [5, 5.41) is 9.33. The van der Waals surface area contributed by atoms with Crippen LogP contribution in [-0.4, -0.2) is 22.0 Å². The smallest absolute Gasteiger partial charge is 0.257 e. The predicted octanol–water partition coefficient (Wildman–Crippen LogP) is 4.24. The van der Waals surface area contributed by atoms with Gasteiger partial charge in [0.05, 0.1) is 11.9 Å². The van der Waals surface area contributed by atoms with Gasteiger partial charge in [0.25, 0.3) is 5.91 Å². The normalized spacial score (nSPS) is 14.0. The van der Waals surface area contributed by atoms with E-state index in [1.54, 1.807) is 18.5 Å². The number of imidazole rings is 1. The molecule has 2 heterocycles. The standard InChI is InChI=1S/C22H22FN5O/c1-15-11-17(4-6-20(15)25-7-2-9-28-10-8-24-14-28)26-13-19-18-12-16(23)3-5-21(18)27-22(19)29/h3-6,8,10-14,25-26H,2,7,9H2,1H3,(H,27,29)/b19-13-. The number of nitrogens with one attached hydrogen (secondary N) is 3. The summed E-state index contributed by atoms with van der Waals surface area (Å²) in [5.41, 5.74) is 4.62. The molecule has 1 aromatic heterocycles. The Morgan fingerprint density at radius 2 is 2.14 bits per heavy atom. The molecule has 1 aliphatic heterocycles. The molecular weight excluding hydrogens is 369 g/mol. The van der Waals surface area contributed by atoms with Crippen molar-refractivity contribution in [1.29, 1.82) is 0 Å². The number of halogens is 1. The number of amides is 1. The van der Waals surface area contributed by atoms with Gasteiger partial charge in [-0.3, -0.25) is 4.79 Å². The zero-order valence-corrected chi connectivity index (χ0v) is 16.1. The summed E-state index contributed by atoms with van der Waals surface area (Å²) in [5.74, 6) is -0.614. The third-order valence-electron chi connectivity index (χ3n) is 4.84. The van der Waals surface area contributed by atoms with Crippen molar-refractivity contribution in [3.05, 3.63) is 78.3 Å². The Morgan fingerprint density at radius 1 is 1.24 bits per heavy atom. The van der Waals surface area contributed by atoms with Crippen LogP contribution < -0.4 is 16.0 Å². The summed E-state index contributed by atoms with van der Waals surface area (Å²) in [6.07, 6.45) is 8.17. The highest BCUT2D eigenvalue weighted by Crippen LogP contribution is 2.32. The monoisotopic (exact) mass is 391 g/mol. The van der Waals surface area contributed by atoms with Crippen molar-refractivity contribution < 1.29 is 9.18 Å². The van der Waals surface area contributed by atoms with Gasteiger partial charge in [0.2, 0.25) is 0 Å². The fourth-order valence-electron chi connectivity index (χ4n) is 3.31. The molecule has 3 N–H and O–H groups in total. The van der Waals surface area contributed by atoms with Gasteiger partial charge in [-0.15, -0.1) is 0 Å². The maximum Gasteiger partial charge on any atom is 0.257 e. The van der Waals surface area contributed by atoms with Crippen LogP contribution in [0.3, 0.4) is 0 Å². The summed E-state index contributed by atoms with van der Waals surface area (Å²) >= 11 is 0. The molecule has 0 atom stereocenters. The molecule has 0 aliphatic carbocycles. The van der Waals surface area contributed by atoms with E-state index < -0.39 is 0 Å². The number of rotatable bonds is 7. The first kappa shape index (κ1) is 18.7.